The second-order valence-electron chi connectivity index (χ2n) is 5.73. The summed E-state index contributed by atoms with van der Waals surface area (Å²) in [5.74, 6) is 2.80. The van der Waals surface area contributed by atoms with Crippen LogP contribution in [0.1, 0.15) is 38.2 Å². The summed E-state index contributed by atoms with van der Waals surface area (Å²) in [4.78, 5) is 12.0. The van der Waals surface area contributed by atoms with Gasteiger partial charge in [0.15, 0.2) is 11.6 Å². The van der Waals surface area contributed by atoms with E-state index < -0.39 is 5.82 Å². The van der Waals surface area contributed by atoms with Gasteiger partial charge >= 0.3 is 0 Å². The van der Waals surface area contributed by atoms with Crippen LogP contribution in [0.4, 0.5) is 4.39 Å². The summed E-state index contributed by atoms with van der Waals surface area (Å²) >= 11 is 0. The van der Waals surface area contributed by atoms with Gasteiger partial charge in [0.05, 0.1) is 6.61 Å². The Morgan fingerprint density at radius 3 is 3.00 bits per heavy atom. The van der Waals surface area contributed by atoms with E-state index in [9.17, 15) is 9.18 Å². The van der Waals surface area contributed by atoms with Crippen molar-refractivity contribution in [1.29, 1.82) is 0 Å². The van der Waals surface area contributed by atoms with Gasteiger partial charge in [0, 0.05) is 24.4 Å². The molecule has 118 valence electrons. The summed E-state index contributed by atoms with van der Waals surface area (Å²) in [5, 5.41) is 2.80. The summed E-state index contributed by atoms with van der Waals surface area (Å²) < 4.78 is 19.7. The van der Waals surface area contributed by atoms with Gasteiger partial charge < -0.3 is 10.1 Å². The lowest BCUT2D eigenvalue weighted by atomic mass is 10.1. The van der Waals surface area contributed by atoms with E-state index in [4.69, 9.17) is 11.2 Å². The summed E-state index contributed by atoms with van der Waals surface area (Å²) in [7, 11) is 0. The molecule has 0 bridgehead atoms. The largest absolute Gasteiger partial charge is 0.490 e. The monoisotopic (exact) mass is 303 g/mol. The van der Waals surface area contributed by atoms with Gasteiger partial charge in [0.1, 0.15) is 0 Å². The topological polar surface area (TPSA) is 38.3 Å². The van der Waals surface area contributed by atoms with Gasteiger partial charge in [-0.05, 0) is 31.2 Å². The Morgan fingerprint density at radius 2 is 2.32 bits per heavy atom. The van der Waals surface area contributed by atoms with E-state index in [1.54, 1.807) is 18.2 Å². The average molecular weight is 303 g/mol. The number of terminal acetylenes is 1. The maximum atomic E-state index is 14.3. The number of hydrogen-bond donors (Lipinski definition) is 1. The van der Waals surface area contributed by atoms with E-state index in [0.29, 0.717) is 30.9 Å². The first-order valence-corrected chi connectivity index (χ1v) is 7.75. The van der Waals surface area contributed by atoms with Crippen LogP contribution < -0.4 is 10.1 Å². The molecule has 1 aliphatic rings. The Kier molecular flexibility index (Phi) is 5.83. The molecule has 1 unspecified atom stereocenters. The number of amides is 1. The van der Waals surface area contributed by atoms with Crippen LogP contribution in [-0.2, 0) is 11.3 Å². The number of hydrogen-bond acceptors (Lipinski definition) is 2. The highest BCUT2D eigenvalue weighted by molar-refractivity contribution is 5.78. The van der Waals surface area contributed by atoms with E-state index in [2.05, 4.69) is 11.2 Å². The second kappa shape index (κ2) is 7.84. The van der Waals surface area contributed by atoms with Crippen molar-refractivity contribution >= 4 is 5.91 Å². The zero-order chi connectivity index (χ0) is 15.9. The molecule has 4 heteroatoms. The van der Waals surface area contributed by atoms with Gasteiger partial charge in [-0.25, -0.2) is 4.39 Å². The molecule has 0 heterocycles. The lowest BCUT2D eigenvalue weighted by Crippen LogP contribution is -2.30. The van der Waals surface area contributed by atoms with Crippen LogP contribution in [0.15, 0.2) is 18.2 Å². The van der Waals surface area contributed by atoms with Crippen LogP contribution in [0.2, 0.25) is 0 Å². The van der Waals surface area contributed by atoms with Crippen LogP contribution in [0.3, 0.4) is 0 Å². The molecule has 0 aliphatic heterocycles. The lowest BCUT2D eigenvalue weighted by molar-refractivity contribution is -0.125. The molecule has 1 aliphatic carbocycles. The Morgan fingerprint density at radius 1 is 1.55 bits per heavy atom. The minimum absolute atomic E-state index is 0.00579. The summed E-state index contributed by atoms with van der Waals surface area (Å²) in [5.41, 5.74) is 0.436. The quantitative estimate of drug-likeness (QED) is 0.591. The van der Waals surface area contributed by atoms with Gasteiger partial charge in [0.25, 0.3) is 0 Å². The number of benzene rings is 1. The van der Waals surface area contributed by atoms with Crippen LogP contribution in [0.5, 0.6) is 5.75 Å². The van der Waals surface area contributed by atoms with E-state index >= 15 is 0 Å². The van der Waals surface area contributed by atoms with E-state index in [-0.39, 0.29) is 24.1 Å². The minimum Gasteiger partial charge on any atom is -0.490 e. The third-order valence-corrected chi connectivity index (χ3v) is 3.96. The average Bonchev–Trinajstić information content (AvgIpc) is 3.35. The van der Waals surface area contributed by atoms with E-state index in [1.807, 2.05) is 6.92 Å². The van der Waals surface area contributed by atoms with Crippen LogP contribution >= 0.6 is 0 Å². The number of unbranched alkanes of at least 4 members (excludes halogenated alkanes) is 1. The zero-order valence-electron chi connectivity index (χ0n) is 12.9. The highest BCUT2D eigenvalue weighted by Crippen LogP contribution is 2.36. The fourth-order valence-electron chi connectivity index (χ4n) is 2.31. The standard InChI is InChI=1S/C18H22FNO2/c1-3-4-5-11-22-16-8-6-7-15(17(16)19)12-20-18(21)13(2)14-9-10-14/h1,6-8,13-14H,4-5,9-12H2,2H3,(H,20,21). The Hall–Kier alpha value is -2.02. The van der Waals surface area contributed by atoms with Gasteiger partial charge in [-0.2, -0.15) is 0 Å². The number of ether oxygens (including phenoxy) is 1. The van der Waals surface area contributed by atoms with Crippen LogP contribution in [-0.4, -0.2) is 12.5 Å². The van der Waals surface area contributed by atoms with Gasteiger partial charge in [-0.15, -0.1) is 12.3 Å². The number of nitrogens with one attached hydrogen (secondary N) is 1. The number of carbonyl (C=O) groups is 1. The predicted molar refractivity (Wildman–Crippen MR) is 83.7 cm³/mol. The molecule has 0 radical (unpaired) electrons. The maximum Gasteiger partial charge on any atom is 0.223 e. The predicted octanol–water partition coefficient (Wildman–Crippen LogP) is 3.28. The van der Waals surface area contributed by atoms with Crippen molar-refractivity contribution in [3.63, 3.8) is 0 Å². The molecule has 0 spiro atoms. The van der Waals surface area contributed by atoms with Crippen molar-refractivity contribution < 1.29 is 13.9 Å². The minimum atomic E-state index is -0.414. The number of rotatable bonds is 8. The van der Waals surface area contributed by atoms with E-state index in [0.717, 1.165) is 12.8 Å². The number of carbonyl (C=O) groups excluding carboxylic acids is 1. The number of halogens is 1. The molecule has 1 saturated carbocycles. The van der Waals surface area contributed by atoms with Crippen molar-refractivity contribution in [3.8, 4) is 18.1 Å². The summed E-state index contributed by atoms with van der Waals surface area (Å²) in [6.07, 6.45) is 8.69. The summed E-state index contributed by atoms with van der Waals surface area (Å²) in [6.45, 7) is 2.49. The Balaban J connectivity index is 1.87. The molecule has 1 fully saturated rings. The molecule has 1 atom stereocenters. The van der Waals surface area contributed by atoms with Gasteiger partial charge in [-0.1, -0.05) is 19.1 Å². The third kappa shape index (κ3) is 4.49. The molecule has 2 rings (SSSR count). The SMILES string of the molecule is C#CCCCOc1cccc(CNC(=O)C(C)C2CC2)c1F. The molecular weight excluding hydrogens is 281 g/mol. The molecule has 0 aromatic heterocycles. The van der Waals surface area contributed by atoms with Gasteiger partial charge in [0.2, 0.25) is 5.91 Å². The fraction of sp³-hybridized carbons (Fsp3) is 0.500. The van der Waals surface area contributed by atoms with Crippen LogP contribution in [0.25, 0.3) is 0 Å². The third-order valence-electron chi connectivity index (χ3n) is 3.96. The highest BCUT2D eigenvalue weighted by atomic mass is 19.1. The van der Waals surface area contributed by atoms with E-state index in [1.165, 1.54) is 0 Å². The Labute approximate surface area is 131 Å². The summed E-state index contributed by atoms with van der Waals surface area (Å²) in [6, 6.07) is 4.97. The van der Waals surface area contributed by atoms with Crippen molar-refractivity contribution in [2.24, 2.45) is 11.8 Å². The first kappa shape index (κ1) is 16.4. The maximum absolute atomic E-state index is 14.3. The fourth-order valence-corrected chi connectivity index (χ4v) is 2.31. The van der Waals surface area contributed by atoms with Crippen molar-refractivity contribution in [3.05, 3.63) is 29.6 Å². The molecule has 22 heavy (non-hydrogen) atoms. The zero-order valence-corrected chi connectivity index (χ0v) is 12.9. The van der Waals surface area contributed by atoms with Crippen LogP contribution in [0, 0.1) is 30.0 Å². The Bertz CT molecular complexity index is 561. The molecule has 3 nitrogen and oxygen atoms in total. The molecule has 0 saturated heterocycles. The lowest BCUT2D eigenvalue weighted by Gasteiger charge is -2.13. The molecule has 1 aromatic rings. The molecule has 1 amide bonds. The van der Waals surface area contributed by atoms with Gasteiger partial charge in [-0.3, -0.25) is 4.79 Å². The molecule has 1 N–H and O–H groups in total. The first-order valence-electron chi connectivity index (χ1n) is 7.75. The van der Waals surface area contributed by atoms with Crippen molar-refractivity contribution in [1.82, 2.24) is 5.32 Å². The second-order valence-corrected chi connectivity index (χ2v) is 5.73. The molecule has 1 aromatic carbocycles. The van der Waals surface area contributed by atoms with Crippen molar-refractivity contribution in [2.45, 2.75) is 39.2 Å². The van der Waals surface area contributed by atoms with Crippen molar-refractivity contribution in [2.75, 3.05) is 6.61 Å². The normalized spacial score (nSPS) is 15.0. The smallest absolute Gasteiger partial charge is 0.223 e. The highest BCUT2D eigenvalue weighted by Gasteiger charge is 2.32. The molecular formula is C18H22FNO2. The first-order chi connectivity index (χ1) is 10.6.